The van der Waals surface area contributed by atoms with Crippen molar-refractivity contribution in [3.05, 3.63) is 96.1 Å². The minimum Gasteiger partial charge on any atom is -0.289 e. The van der Waals surface area contributed by atoms with E-state index in [-0.39, 0.29) is 5.78 Å². The minimum atomic E-state index is 0.0683. The predicted octanol–water partition coefficient (Wildman–Crippen LogP) is 5.21. The Bertz CT molecular complexity index is 800. The molecule has 3 rings (SSSR count). The van der Waals surface area contributed by atoms with E-state index in [1.54, 1.807) is 6.08 Å². The van der Waals surface area contributed by atoms with Crippen molar-refractivity contribution in [3.63, 3.8) is 0 Å². The zero-order valence-corrected chi connectivity index (χ0v) is 12.4. The van der Waals surface area contributed by atoms with Gasteiger partial charge in [-0.15, -0.1) is 0 Å². The van der Waals surface area contributed by atoms with Crippen LogP contribution in [0.1, 0.15) is 22.3 Å². The van der Waals surface area contributed by atoms with Gasteiger partial charge in [0.15, 0.2) is 5.78 Å². The molecule has 0 fully saturated rings. The molecule has 0 aliphatic heterocycles. The highest BCUT2D eigenvalue weighted by atomic mass is 16.1. The molecule has 0 radical (unpaired) electrons. The van der Waals surface area contributed by atoms with Gasteiger partial charge < -0.3 is 0 Å². The normalized spacial score (nSPS) is 11.1. The number of allylic oxidation sites excluding steroid dienone is 2. The Kier molecular flexibility index (Phi) is 4.45. The second-order valence-corrected chi connectivity index (χ2v) is 5.35. The van der Waals surface area contributed by atoms with Gasteiger partial charge in [-0.05, 0) is 41.3 Å². The molecule has 0 spiro atoms. The summed E-state index contributed by atoms with van der Waals surface area (Å²) in [5.41, 5.74) is 2.04. The quantitative estimate of drug-likeness (QED) is 0.464. The zero-order chi connectivity index (χ0) is 15.2. The van der Waals surface area contributed by atoms with Gasteiger partial charge in [-0.1, -0.05) is 72.8 Å². The van der Waals surface area contributed by atoms with Gasteiger partial charge in [0.25, 0.3) is 0 Å². The van der Waals surface area contributed by atoms with E-state index in [9.17, 15) is 4.79 Å². The molecule has 1 heteroatoms. The summed E-state index contributed by atoms with van der Waals surface area (Å²) in [4.78, 5) is 12.2. The smallest absolute Gasteiger partial charge is 0.185 e. The molecule has 3 aromatic carbocycles. The summed E-state index contributed by atoms with van der Waals surface area (Å²) in [7, 11) is 0. The fraction of sp³-hybridized carbons (Fsp3) is 0.0952. The van der Waals surface area contributed by atoms with Crippen LogP contribution in [0.15, 0.2) is 84.9 Å². The SMILES string of the molecule is O=C(/C=C/CCc1ccccc1)c1ccc2ccccc2c1. The minimum absolute atomic E-state index is 0.0683. The molecule has 0 atom stereocenters. The van der Waals surface area contributed by atoms with Crippen LogP contribution in [0.25, 0.3) is 10.8 Å². The Hall–Kier alpha value is -2.67. The molecule has 1 nitrogen and oxygen atoms in total. The van der Waals surface area contributed by atoms with Crippen LogP contribution < -0.4 is 0 Å². The Labute approximate surface area is 130 Å². The van der Waals surface area contributed by atoms with E-state index in [0.717, 1.165) is 29.2 Å². The highest BCUT2D eigenvalue weighted by Gasteiger charge is 2.02. The molecule has 0 unspecified atom stereocenters. The lowest BCUT2D eigenvalue weighted by molar-refractivity contribution is 0.104. The highest BCUT2D eigenvalue weighted by Crippen LogP contribution is 2.16. The Balaban J connectivity index is 1.64. The molecular weight excluding hydrogens is 268 g/mol. The molecule has 0 aliphatic rings. The van der Waals surface area contributed by atoms with E-state index in [1.807, 2.05) is 60.7 Å². The van der Waals surface area contributed by atoms with Crippen molar-refractivity contribution in [2.24, 2.45) is 0 Å². The largest absolute Gasteiger partial charge is 0.289 e. The maximum absolute atomic E-state index is 12.2. The van der Waals surface area contributed by atoms with Crippen LogP contribution in [0.5, 0.6) is 0 Å². The van der Waals surface area contributed by atoms with Crippen LogP contribution in [0.4, 0.5) is 0 Å². The van der Waals surface area contributed by atoms with Crippen LogP contribution in [-0.4, -0.2) is 5.78 Å². The molecule has 108 valence electrons. The van der Waals surface area contributed by atoms with Crippen molar-refractivity contribution >= 4 is 16.6 Å². The van der Waals surface area contributed by atoms with Crippen molar-refractivity contribution in [2.45, 2.75) is 12.8 Å². The topological polar surface area (TPSA) is 17.1 Å². The number of carbonyl (C=O) groups excluding carboxylic acids is 1. The molecule has 0 aromatic heterocycles. The van der Waals surface area contributed by atoms with Gasteiger partial charge in [0.05, 0.1) is 0 Å². The predicted molar refractivity (Wildman–Crippen MR) is 92.2 cm³/mol. The van der Waals surface area contributed by atoms with Crippen molar-refractivity contribution in [2.75, 3.05) is 0 Å². The Morgan fingerprint density at radius 3 is 2.36 bits per heavy atom. The number of aryl methyl sites for hydroxylation is 1. The third-order valence-corrected chi connectivity index (χ3v) is 3.75. The summed E-state index contributed by atoms with van der Waals surface area (Å²) in [5, 5.41) is 2.26. The second kappa shape index (κ2) is 6.86. The lowest BCUT2D eigenvalue weighted by Gasteiger charge is -2.00. The van der Waals surface area contributed by atoms with Crippen LogP contribution in [0, 0.1) is 0 Å². The third-order valence-electron chi connectivity index (χ3n) is 3.75. The molecule has 0 N–H and O–H groups in total. The number of rotatable bonds is 5. The number of benzene rings is 3. The summed E-state index contributed by atoms with van der Waals surface area (Å²) >= 11 is 0. The van der Waals surface area contributed by atoms with E-state index in [4.69, 9.17) is 0 Å². The van der Waals surface area contributed by atoms with Gasteiger partial charge in [-0.2, -0.15) is 0 Å². The van der Waals surface area contributed by atoms with Gasteiger partial charge in [-0.3, -0.25) is 4.79 Å². The first-order chi connectivity index (χ1) is 10.8. The highest BCUT2D eigenvalue weighted by molar-refractivity contribution is 6.06. The molecule has 3 aromatic rings. The van der Waals surface area contributed by atoms with Crippen LogP contribution in [0.2, 0.25) is 0 Å². The van der Waals surface area contributed by atoms with Crippen molar-refractivity contribution < 1.29 is 4.79 Å². The molecule has 0 aliphatic carbocycles. The average molecular weight is 286 g/mol. The maximum Gasteiger partial charge on any atom is 0.185 e. The summed E-state index contributed by atoms with van der Waals surface area (Å²) in [5.74, 6) is 0.0683. The van der Waals surface area contributed by atoms with Gasteiger partial charge in [0, 0.05) is 5.56 Å². The monoisotopic (exact) mass is 286 g/mol. The first-order valence-corrected chi connectivity index (χ1v) is 7.56. The molecular formula is C21H18O. The lowest BCUT2D eigenvalue weighted by atomic mass is 10.0. The van der Waals surface area contributed by atoms with Gasteiger partial charge in [0.2, 0.25) is 0 Å². The van der Waals surface area contributed by atoms with E-state index >= 15 is 0 Å². The van der Waals surface area contributed by atoms with E-state index < -0.39 is 0 Å². The van der Waals surface area contributed by atoms with Crippen molar-refractivity contribution in [1.82, 2.24) is 0 Å². The third kappa shape index (κ3) is 3.50. The van der Waals surface area contributed by atoms with Gasteiger partial charge in [-0.25, -0.2) is 0 Å². The van der Waals surface area contributed by atoms with E-state index in [0.29, 0.717) is 0 Å². The molecule has 0 amide bonds. The zero-order valence-electron chi connectivity index (χ0n) is 12.4. The Morgan fingerprint density at radius 2 is 1.55 bits per heavy atom. The second-order valence-electron chi connectivity index (χ2n) is 5.35. The fourth-order valence-corrected chi connectivity index (χ4v) is 2.52. The van der Waals surface area contributed by atoms with Gasteiger partial charge in [0.1, 0.15) is 0 Å². The average Bonchev–Trinajstić information content (AvgIpc) is 2.59. The Morgan fingerprint density at radius 1 is 0.818 bits per heavy atom. The van der Waals surface area contributed by atoms with E-state index in [2.05, 4.69) is 18.2 Å². The first-order valence-electron chi connectivity index (χ1n) is 7.56. The summed E-state index contributed by atoms with van der Waals surface area (Å²) in [6.45, 7) is 0. The molecule has 22 heavy (non-hydrogen) atoms. The fourth-order valence-electron chi connectivity index (χ4n) is 2.52. The number of fused-ring (bicyclic) bond motifs is 1. The first kappa shape index (κ1) is 14.3. The van der Waals surface area contributed by atoms with Crippen LogP contribution >= 0.6 is 0 Å². The molecule has 0 bridgehead atoms. The van der Waals surface area contributed by atoms with E-state index in [1.165, 1.54) is 5.56 Å². The molecule has 0 saturated carbocycles. The molecule has 0 saturated heterocycles. The van der Waals surface area contributed by atoms with Crippen LogP contribution in [0.3, 0.4) is 0 Å². The number of carbonyl (C=O) groups is 1. The number of hydrogen-bond donors (Lipinski definition) is 0. The molecule has 0 heterocycles. The van der Waals surface area contributed by atoms with Crippen LogP contribution in [-0.2, 0) is 6.42 Å². The standard InChI is InChI=1S/C21H18O/c22-21(13-7-4-10-17-8-2-1-3-9-17)20-15-14-18-11-5-6-12-19(18)16-20/h1-3,5-9,11-16H,4,10H2/b13-7+. The number of hydrogen-bond acceptors (Lipinski definition) is 1. The summed E-state index contributed by atoms with van der Waals surface area (Å²) < 4.78 is 0. The van der Waals surface area contributed by atoms with Gasteiger partial charge >= 0.3 is 0 Å². The maximum atomic E-state index is 12.2. The summed E-state index contributed by atoms with van der Waals surface area (Å²) in [6.07, 6.45) is 5.49. The number of ketones is 1. The van der Waals surface area contributed by atoms with Crippen molar-refractivity contribution in [3.8, 4) is 0 Å². The lowest BCUT2D eigenvalue weighted by Crippen LogP contribution is -1.94. The summed E-state index contributed by atoms with van der Waals surface area (Å²) in [6, 6.07) is 24.3. The van der Waals surface area contributed by atoms with Crippen molar-refractivity contribution in [1.29, 1.82) is 0 Å².